The molecule has 92 valence electrons. The van der Waals surface area contributed by atoms with Gasteiger partial charge in [0.2, 0.25) is 0 Å². The number of carbonyl (C=O) groups excluding carboxylic acids is 1. The Morgan fingerprint density at radius 1 is 1.31 bits per heavy atom. The Hall–Kier alpha value is -1.52. The second-order valence-corrected chi connectivity index (χ2v) is 4.22. The Bertz CT molecular complexity index is 289. The molecule has 2 amide bonds. The van der Waals surface area contributed by atoms with Gasteiger partial charge in [0.1, 0.15) is 0 Å². The maximum Gasteiger partial charge on any atom is 0.319 e. The Morgan fingerprint density at radius 3 is 2.19 bits per heavy atom. The van der Waals surface area contributed by atoms with Crippen molar-refractivity contribution >= 4 is 12.0 Å². The van der Waals surface area contributed by atoms with Crippen LogP contribution in [0.5, 0.6) is 0 Å². The fourth-order valence-electron chi connectivity index (χ4n) is 1.33. The summed E-state index contributed by atoms with van der Waals surface area (Å²) >= 11 is 0. The molecule has 0 aliphatic rings. The maximum absolute atomic E-state index is 11.8. The SMILES string of the molecule is C=C(C)CN(C)C(=O)N(C)CC(C)C(=O)O. The number of hydrogen-bond donors (Lipinski definition) is 1. The number of hydrogen-bond acceptors (Lipinski definition) is 2. The third kappa shape index (κ3) is 4.82. The lowest BCUT2D eigenvalue weighted by Crippen LogP contribution is -2.42. The molecule has 0 saturated heterocycles. The highest BCUT2D eigenvalue weighted by molar-refractivity contribution is 5.75. The Kier molecular flexibility index (Phi) is 5.56. The highest BCUT2D eigenvalue weighted by Gasteiger charge is 2.19. The zero-order chi connectivity index (χ0) is 12.9. The number of nitrogens with zero attached hydrogens (tertiary/aromatic N) is 2. The minimum absolute atomic E-state index is 0.198. The molecule has 0 spiro atoms. The summed E-state index contributed by atoms with van der Waals surface area (Å²) in [6, 6.07) is -0.198. The van der Waals surface area contributed by atoms with Gasteiger partial charge in [0.25, 0.3) is 0 Å². The smallest absolute Gasteiger partial charge is 0.319 e. The molecule has 5 heteroatoms. The first kappa shape index (κ1) is 14.5. The summed E-state index contributed by atoms with van der Waals surface area (Å²) in [6.07, 6.45) is 0. The first-order valence-electron chi connectivity index (χ1n) is 5.09. The molecule has 0 aliphatic carbocycles. The average molecular weight is 228 g/mol. The molecular weight excluding hydrogens is 208 g/mol. The van der Waals surface area contributed by atoms with Crippen LogP contribution in [0.1, 0.15) is 13.8 Å². The summed E-state index contributed by atoms with van der Waals surface area (Å²) in [7, 11) is 3.26. The van der Waals surface area contributed by atoms with Crippen molar-refractivity contribution in [3.05, 3.63) is 12.2 Å². The third-order valence-corrected chi connectivity index (χ3v) is 2.13. The van der Waals surface area contributed by atoms with Gasteiger partial charge in [-0.3, -0.25) is 4.79 Å². The van der Waals surface area contributed by atoms with Crippen LogP contribution < -0.4 is 0 Å². The van der Waals surface area contributed by atoms with Gasteiger partial charge in [-0.05, 0) is 6.92 Å². The number of carboxylic acids is 1. The minimum Gasteiger partial charge on any atom is -0.481 e. The predicted molar refractivity (Wildman–Crippen MR) is 62.3 cm³/mol. The maximum atomic E-state index is 11.8. The zero-order valence-electron chi connectivity index (χ0n) is 10.4. The molecule has 0 rings (SSSR count). The second-order valence-electron chi connectivity index (χ2n) is 4.22. The lowest BCUT2D eigenvalue weighted by Gasteiger charge is -2.26. The van der Waals surface area contributed by atoms with E-state index in [-0.39, 0.29) is 12.6 Å². The van der Waals surface area contributed by atoms with Gasteiger partial charge in [-0.1, -0.05) is 19.1 Å². The summed E-state index contributed by atoms with van der Waals surface area (Å²) in [4.78, 5) is 25.3. The Labute approximate surface area is 96.3 Å². The van der Waals surface area contributed by atoms with Crippen molar-refractivity contribution in [2.45, 2.75) is 13.8 Å². The monoisotopic (exact) mass is 228 g/mol. The molecule has 0 heterocycles. The van der Waals surface area contributed by atoms with Crippen LogP contribution in [0.2, 0.25) is 0 Å². The average Bonchev–Trinajstić information content (AvgIpc) is 2.14. The summed E-state index contributed by atoms with van der Waals surface area (Å²) in [6.45, 7) is 7.81. The van der Waals surface area contributed by atoms with Crippen LogP contribution in [-0.2, 0) is 4.79 Å². The van der Waals surface area contributed by atoms with Crippen LogP contribution in [0.15, 0.2) is 12.2 Å². The lowest BCUT2D eigenvalue weighted by atomic mass is 10.2. The predicted octanol–water partition coefficient (Wildman–Crippen LogP) is 1.27. The highest BCUT2D eigenvalue weighted by Crippen LogP contribution is 2.03. The minimum atomic E-state index is -0.901. The number of urea groups is 1. The van der Waals surface area contributed by atoms with Crippen molar-refractivity contribution < 1.29 is 14.7 Å². The van der Waals surface area contributed by atoms with Crippen molar-refractivity contribution in [1.82, 2.24) is 9.80 Å². The van der Waals surface area contributed by atoms with E-state index < -0.39 is 11.9 Å². The molecule has 0 radical (unpaired) electrons. The van der Waals surface area contributed by atoms with Crippen LogP contribution in [0.25, 0.3) is 0 Å². The third-order valence-electron chi connectivity index (χ3n) is 2.13. The van der Waals surface area contributed by atoms with Gasteiger partial charge in [0, 0.05) is 27.2 Å². The zero-order valence-corrected chi connectivity index (χ0v) is 10.4. The van der Waals surface area contributed by atoms with Gasteiger partial charge >= 0.3 is 12.0 Å². The van der Waals surface area contributed by atoms with Crippen LogP contribution in [0.3, 0.4) is 0 Å². The van der Waals surface area contributed by atoms with Gasteiger partial charge in [-0.2, -0.15) is 0 Å². The van der Waals surface area contributed by atoms with Crippen LogP contribution in [0, 0.1) is 5.92 Å². The number of aliphatic carboxylic acids is 1. The van der Waals surface area contributed by atoms with Crippen molar-refractivity contribution in [2.75, 3.05) is 27.2 Å². The molecule has 0 saturated carbocycles. The number of likely N-dealkylation sites (N-methyl/N-ethyl adjacent to an activating group) is 1. The van der Waals surface area contributed by atoms with Gasteiger partial charge < -0.3 is 14.9 Å². The molecule has 1 unspecified atom stereocenters. The van der Waals surface area contributed by atoms with Gasteiger partial charge in [0.15, 0.2) is 0 Å². The standard InChI is InChI=1S/C11H20N2O3/c1-8(2)6-12(4)11(16)13(5)7-9(3)10(14)15/h9H,1,6-7H2,2-5H3,(H,14,15). The number of carboxylic acid groups (broad SMARTS) is 1. The van der Waals surface area contributed by atoms with Crippen molar-refractivity contribution in [3.8, 4) is 0 Å². The number of rotatable bonds is 5. The number of carbonyl (C=O) groups is 2. The summed E-state index contributed by atoms with van der Waals surface area (Å²) in [5.74, 6) is -1.46. The van der Waals surface area contributed by atoms with E-state index >= 15 is 0 Å². The second kappa shape index (κ2) is 6.15. The van der Waals surface area contributed by atoms with E-state index in [1.54, 1.807) is 21.0 Å². The highest BCUT2D eigenvalue weighted by atomic mass is 16.4. The molecule has 0 fully saturated rings. The van der Waals surface area contributed by atoms with Crippen molar-refractivity contribution in [1.29, 1.82) is 0 Å². The largest absolute Gasteiger partial charge is 0.481 e. The normalized spacial score (nSPS) is 11.8. The fraction of sp³-hybridized carbons (Fsp3) is 0.636. The summed E-state index contributed by atoms with van der Waals surface area (Å²) in [5, 5.41) is 8.73. The molecule has 0 aromatic carbocycles. The summed E-state index contributed by atoms with van der Waals surface area (Å²) < 4.78 is 0. The van der Waals surface area contributed by atoms with Gasteiger partial charge in [0.05, 0.1) is 5.92 Å². The topological polar surface area (TPSA) is 60.9 Å². The molecule has 1 N–H and O–H groups in total. The van der Waals surface area contributed by atoms with Crippen molar-refractivity contribution in [2.24, 2.45) is 5.92 Å². The van der Waals surface area contributed by atoms with E-state index in [0.29, 0.717) is 6.54 Å². The number of amides is 2. The quantitative estimate of drug-likeness (QED) is 0.721. The van der Waals surface area contributed by atoms with Crippen LogP contribution >= 0.6 is 0 Å². The van der Waals surface area contributed by atoms with Gasteiger partial charge in [-0.25, -0.2) is 4.79 Å². The Balaban J connectivity index is 4.27. The van der Waals surface area contributed by atoms with E-state index in [1.807, 2.05) is 6.92 Å². The van der Waals surface area contributed by atoms with E-state index in [1.165, 1.54) is 9.80 Å². The molecule has 0 bridgehead atoms. The van der Waals surface area contributed by atoms with E-state index in [2.05, 4.69) is 6.58 Å². The molecule has 0 aromatic heterocycles. The molecule has 0 aromatic rings. The molecule has 16 heavy (non-hydrogen) atoms. The first-order chi connectivity index (χ1) is 7.25. The lowest BCUT2D eigenvalue weighted by molar-refractivity contribution is -0.141. The molecule has 1 atom stereocenters. The van der Waals surface area contributed by atoms with Crippen molar-refractivity contribution in [3.63, 3.8) is 0 Å². The van der Waals surface area contributed by atoms with E-state index in [9.17, 15) is 9.59 Å². The summed E-state index contributed by atoms with van der Waals surface area (Å²) in [5.41, 5.74) is 0.885. The van der Waals surface area contributed by atoms with E-state index in [0.717, 1.165) is 5.57 Å². The molecular formula is C11H20N2O3. The van der Waals surface area contributed by atoms with Gasteiger partial charge in [-0.15, -0.1) is 0 Å². The van der Waals surface area contributed by atoms with E-state index in [4.69, 9.17) is 5.11 Å². The first-order valence-corrected chi connectivity index (χ1v) is 5.09. The van der Waals surface area contributed by atoms with Crippen LogP contribution in [0.4, 0.5) is 4.79 Å². The fourth-order valence-corrected chi connectivity index (χ4v) is 1.33. The molecule has 0 aliphatic heterocycles. The Morgan fingerprint density at radius 2 is 1.81 bits per heavy atom. The molecule has 5 nitrogen and oxygen atoms in total. The van der Waals surface area contributed by atoms with Crippen LogP contribution in [-0.4, -0.2) is 54.1 Å².